The minimum Gasteiger partial charge on any atom is -0.329 e. The Kier molecular flexibility index (Phi) is 5.74. The van der Waals surface area contributed by atoms with Crippen LogP contribution in [0, 0.1) is 10.8 Å². The van der Waals surface area contributed by atoms with E-state index in [4.69, 9.17) is 22.4 Å². The van der Waals surface area contributed by atoms with Gasteiger partial charge in [-0.05, 0) is 53.6 Å². The summed E-state index contributed by atoms with van der Waals surface area (Å²) in [5.41, 5.74) is 4.43. The smallest absolute Gasteiger partial charge is 0.324 e. The Morgan fingerprint density at radius 3 is 2.49 bits per heavy atom. The molecule has 0 radical (unpaired) electrons. The molecule has 8 nitrogen and oxygen atoms in total. The first-order chi connectivity index (χ1) is 16.9. The highest BCUT2D eigenvalue weighted by Gasteiger charge is 2.26. The Balaban J connectivity index is 1.50. The van der Waals surface area contributed by atoms with Crippen LogP contribution in [-0.4, -0.2) is 54.0 Å². The molecule has 1 aliphatic rings. The van der Waals surface area contributed by atoms with Crippen LogP contribution in [0.1, 0.15) is 0 Å². The van der Waals surface area contributed by atoms with E-state index in [0.717, 1.165) is 40.8 Å². The lowest BCUT2D eigenvalue weighted by atomic mass is 10.0. The quantitative estimate of drug-likeness (QED) is 0.310. The summed E-state index contributed by atoms with van der Waals surface area (Å²) in [6.07, 6.45) is 1.07. The van der Waals surface area contributed by atoms with Crippen LogP contribution in [0.25, 0.3) is 22.0 Å². The van der Waals surface area contributed by atoms with Crippen LogP contribution in [0.4, 0.5) is 22.0 Å². The number of aromatic nitrogens is 2. The number of benzene rings is 3. The molecule has 0 spiro atoms. The van der Waals surface area contributed by atoms with Gasteiger partial charge in [-0.25, -0.2) is 4.79 Å². The molecule has 0 bridgehead atoms. The second kappa shape index (κ2) is 8.88. The van der Waals surface area contributed by atoms with Gasteiger partial charge in [-0.2, -0.15) is 4.98 Å². The zero-order chi connectivity index (χ0) is 24.7. The van der Waals surface area contributed by atoms with E-state index in [1.54, 1.807) is 21.9 Å². The highest BCUT2D eigenvalue weighted by Crippen LogP contribution is 2.32. The van der Waals surface area contributed by atoms with Gasteiger partial charge in [0.15, 0.2) is 0 Å². The van der Waals surface area contributed by atoms with Crippen molar-refractivity contribution in [3.05, 3.63) is 77.4 Å². The van der Waals surface area contributed by atoms with Gasteiger partial charge < -0.3 is 9.80 Å². The number of amides is 2. The molecule has 3 aromatic carbocycles. The van der Waals surface area contributed by atoms with Gasteiger partial charge in [0.2, 0.25) is 5.62 Å². The van der Waals surface area contributed by atoms with Crippen LogP contribution < -0.4 is 15.4 Å². The standard InChI is InChI=1S/C26H24ClN7O/c1-31-12-13-33(26(31)35)20-9-6-17(7-10-20)18-4-3-5-21(14-18)32(2)24-22-11-8-19(27)15-23(22)34(16-28)25(29)30-24/h3-11,14-16,28-29H,12-13H2,1-2H3. The lowest BCUT2D eigenvalue weighted by Gasteiger charge is -2.22. The lowest BCUT2D eigenvalue weighted by molar-refractivity contribution is 0.229. The first kappa shape index (κ1) is 22.6. The average Bonchev–Trinajstić information content (AvgIpc) is 3.21. The van der Waals surface area contributed by atoms with E-state index in [1.807, 2.05) is 67.5 Å². The fourth-order valence-electron chi connectivity index (χ4n) is 4.35. The maximum Gasteiger partial charge on any atom is 0.324 e. The minimum atomic E-state index is -0.0505. The van der Waals surface area contributed by atoms with Crippen molar-refractivity contribution in [2.45, 2.75) is 0 Å². The number of anilines is 3. The Hall–Kier alpha value is -4.17. The van der Waals surface area contributed by atoms with Gasteiger partial charge >= 0.3 is 6.03 Å². The predicted octanol–water partition coefficient (Wildman–Crippen LogP) is 4.93. The van der Waals surface area contributed by atoms with E-state index in [0.29, 0.717) is 22.9 Å². The van der Waals surface area contributed by atoms with E-state index in [2.05, 4.69) is 11.1 Å². The summed E-state index contributed by atoms with van der Waals surface area (Å²) >= 11 is 6.20. The molecule has 9 heteroatoms. The van der Waals surface area contributed by atoms with Crippen molar-refractivity contribution in [3.63, 3.8) is 0 Å². The maximum atomic E-state index is 12.3. The molecule has 0 aliphatic carbocycles. The molecule has 1 aromatic heterocycles. The number of hydrogen-bond acceptors (Lipinski definition) is 5. The van der Waals surface area contributed by atoms with Crippen LogP contribution in [-0.2, 0) is 0 Å². The van der Waals surface area contributed by atoms with Crippen molar-refractivity contribution in [3.8, 4) is 11.1 Å². The molecule has 0 unspecified atom stereocenters. The zero-order valence-electron chi connectivity index (χ0n) is 19.4. The van der Waals surface area contributed by atoms with E-state index in [9.17, 15) is 4.79 Å². The molecular formula is C26H24ClN7O. The Morgan fingerprint density at radius 2 is 1.80 bits per heavy atom. The normalized spacial score (nSPS) is 13.5. The van der Waals surface area contributed by atoms with Gasteiger partial charge in [0.1, 0.15) is 5.82 Å². The van der Waals surface area contributed by atoms with Crippen LogP contribution in [0.15, 0.2) is 66.7 Å². The summed E-state index contributed by atoms with van der Waals surface area (Å²) in [4.78, 5) is 22.2. The van der Waals surface area contributed by atoms with Gasteiger partial charge in [0.25, 0.3) is 0 Å². The van der Waals surface area contributed by atoms with Gasteiger partial charge in [-0.15, -0.1) is 0 Å². The largest absolute Gasteiger partial charge is 0.329 e. The van der Waals surface area contributed by atoms with E-state index >= 15 is 0 Å². The van der Waals surface area contributed by atoms with Crippen LogP contribution in [0.2, 0.25) is 5.02 Å². The van der Waals surface area contributed by atoms with Gasteiger partial charge in [0.05, 0.1) is 11.9 Å². The number of urea groups is 1. The highest BCUT2D eigenvalue weighted by molar-refractivity contribution is 6.31. The van der Waals surface area contributed by atoms with Gasteiger partial charge in [-0.1, -0.05) is 35.9 Å². The summed E-state index contributed by atoms with van der Waals surface area (Å²) in [5, 5.41) is 17.3. The number of likely N-dealkylation sites (N-methyl/N-ethyl adjacent to an activating group) is 1. The molecule has 0 atom stereocenters. The number of halogens is 1. The number of carbonyl (C=O) groups excluding carboxylic acids is 1. The number of fused-ring (bicyclic) bond motifs is 1. The SMILES string of the molecule is CN1CCN(c2ccc(-c3cccc(N(C)c4nc(=N)n(C=N)c5cc(Cl)ccc45)c3)cc2)C1=O. The molecule has 1 aliphatic heterocycles. The second-order valence-electron chi connectivity index (χ2n) is 8.43. The molecule has 2 heterocycles. The number of hydrogen-bond donors (Lipinski definition) is 2. The number of carbonyl (C=O) groups is 1. The topological polar surface area (TPSA) is 92.3 Å². The molecule has 2 N–H and O–H groups in total. The summed E-state index contributed by atoms with van der Waals surface area (Å²) in [6, 6.07) is 21.4. The average molecular weight is 486 g/mol. The zero-order valence-corrected chi connectivity index (χ0v) is 20.1. The molecule has 4 aromatic rings. The van der Waals surface area contributed by atoms with Crippen molar-refractivity contribution >= 4 is 52.1 Å². The molecular weight excluding hydrogens is 462 g/mol. The maximum absolute atomic E-state index is 12.3. The molecule has 2 amide bonds. The summed E-state index contributed by atoms with van der Waals surface area (Å²) in [6.45, 7) is 1.41. The Morgan fingerprint density at radius 1 is 1.03 bits per heavy atom. The molecule has 5 rings (SSSR count). The summed E-state index contributed by atoms with van der Waals surface area (Å²) in [5.74, 6) is 0.601. The highest BCUT2D eigenvalue weighted by atomic mass is 35.5. The predicted molar refractivity (Wildman–Crippen MR) is 140 cm³/mol. The third kappa shape index (κ3) is 4.02. The third-order valence-corrected chi connectivity index (χ3v) is 6.54. The van der Waals surface area contributed by atoms with Gasteiger partial charge in [0, 0.05) is 49.0 Å². The van der Waals surface area contributed by atoms with E-state index in [-0.39, 0.29) is 11.6 Å². The molecule has 35 heavy (non-hydrogen) atoms. The summed E-state index contributed by atoms with van der Waals surface area (Å²) in [7, 11) is 3.72. The summed E-state index contributed by atoms with van der Waals surface area (Å²) < 4.78 is 1.39. The van der Waals surface area contributed by atoms with Crippen molar-refractivity contribution in [2.24, 2.45) is 0 Å². The van der Waals surface area contributed by atoms with Gasteiger partial charge in [-0.3, -0.25) is 20.3 Å². The molecule has 176 valence electrons. The molecule has 1 fully saturated rings. The van der Waals surface area contributed by atoms with Crippen LogP contribution >= 0.6 is 11.6 Å². The molecule has 0 saturated carbocycles. The van der Waals surface area contributed by atoms with Crippen molar-refractivity contribution in [1.29, 1.82) is 10.8 Å². The second-order valence-corrected chi connectivity index (χ2v) is 8.87. The van der Waals surface area contributed by atoms with Crippen molar-refractivity contribution in [2.75, 3.05) is 37.0 Å². The van der Waals surface area contributed by atoms with Crippen LogP contribution in [0.5, 0.6) is 0 Å². The number of rotatable bonds is 5. The number of nitrogens with zero attached hydrogens (tertiary/aromatic N) is 5. The Bertz CT molecular complexity index is 1510. The fraction of sp³-hybridized carbons (Fsp3) is 0.154. The molecule has 1 saturated heterocycles. The third-order valence-electron chi connectivity index (χ3n) is 6.31. The van der Waals surface area contributed by atoms with E-state index < -0.39 is 0 Å². The van der Waals surface area contributed by atoms with Crippen molar-refractivity contribution < 1.29 is 4.79 Å². The first-order valence-corrected chi connectivity index (χ1v) is 11.5. The number of nitrogens with one attached hydrogen (secondary N) is 2. The fourth-order valence-corrected chi connectivity index (χ4v) is 4.51. The Labute approximate surface area is 207 Å². The van der Waals surface area contributed by atoms with Crippen molar-refractivity contribution in [1.82, 2.24) is 14.5 Å². The lowest BCUT2D eigenvalue weighted by Crippen LogP contribution is -2.29. The van der Waals surface area contributed by atoms with Crippen LogP contribution in [0.3, 0.4) is 0 Å². The monoisotopic (exact) mass is 485 g/mol. The minimum absolute atomic E-state index is 0.0170. The van der Waals surface area contributed by atoms with E-state index in [1.165, 1.54) is 4.57 Å². The first-order valence-electron chi connectivity index (χ1n) is 11.1.